The van der Waals surface area contributed by atoms with Crippen LogP contribution in [0.3, 0.4) is 0 Å². The number of pyridine rings is 1. The minimum absolute atomic E-state index is 0.158. The number of hydrogen-bond acceptors (Lipinski definition) is 6. The Kier molecular flexibility index (Phi) is 4.27. The Labute approximate surface area is 110 Å². The Balaban J connectivity index is 2.20. The Morgan fingerprint density at radius 1 is 1.50 bits per heavy atom. The second kappa shape index (κ2) is 5.92. The van der Waals surface area contributed by atoms with Gasteiger partial charge in [0.2, 0.25) is 5.16 Å². The van der Waals surface area contributed by atoms with Crippen molar-refractivity contribution in [1.82, 2.24) is 25.2 Å². The lowest BCUT2D eigenvalue weighted by atomic mass is 10.1. The molecule has 0 aromatic carbocycles. The highest BCUT2D eigenvalue weighted by atomic mass is 32.2. The van der Waals surface area contributed by atoms with E-state index in [-0.39, 0.29) is 6.04 Å². The van der Waals surface area contributed by atoms with Gasteiger partial charge in [0.15, 0.2) is 0 Å². The van der Waals surface area contributed by atoms with Crippen LogP contribution in [-0.4, -0.2) is 31.2 Å². The number of aryl methyl sites for hydroxylation is 1. The normalized spacial score (nSPS) is 12.6. The minimum atomic E-state index is 0.158. The number of rotatable bonds is 5. The monoisotopic (exact) mass is 264 g/mol. The maximum atomic E-state index is 5.99. The molecule has 0 saturated heterocycles. The van der Waals surface area contributed by atoms with Crippen LogP contribution in [0.25, 0.3) is 0 Å². The van der Waals surface area contributed by atoms with Gasteiger partial charge < -0.3 is 5.73 Å². The molecule has 0 bridgehead atoms. The topological polar surface area (TPSA) is 82.5 Å². The molecule has 0 aliphatic rings. The van der Waals surface area contributed by atoms with Crippen molar-refractivity contribution < 1.29 is 0 Å². The van der Waals surface area contributed by atoms with E-state index in [1.807, 2.05) is 13.1 Å². The highest BCUT2D eigenvalue weighted by molar-refractivity contribution is 7.99. The number of tetrazole rings is 1. The predicted octanol–water partition coefficient (Wildman–Crippen LogP) is 1.04. The van der Waals surface area contributed by atoms with E-state index in [0.29, 0.717) is 0 Å². The van der Waals surface area contributed by atoms with Gasteiger partial charge in [-0.25, -0.2) is 9.67 Å². The molecular formula is C11H16N6S. The summed E-state index contributed by atoms with van der Waals surface area (Å²) in [4.78, 5) is 4.38. The van der Waals surface area contributed by atoms with Crippen molar-refractivity contribution in [3.8, 4) is 0 Å². The number of nitrogens with zero attached hydrogens (tertiary/aromatic N) is 5. The zero-order valence-corrected chi connectivity index (χ0v) is 11.3. The van der Waals surface area contributed by atoms with Crippen LogP contribution in [0, 0.1) is 0 Å². The molecule has 18 heavy (non-hydrogen) atoms. The van der Waals surface area contributed by atoms with Gasteiger partial charge in [0.1, 0.15) is 5.03 Å². The first-order valence-electron chi connectivity index (χ1n) is 5.80. The maximum Gasteiger partial charge on any atom is 0.215 e. The van der Waals surface area contributed by atoms with Crippen molar-refractivity contribution in [3.63, 3.8) is 0 Å². The van der Waals surface area contributed by atoms with Crippen molar-refractivity contribution in [2.45, 2.75) is 36.0 Å². The number of hydrogen-bond donors (Lipinski definition) is 1. The van der Waals surface area contributed by atoms with Crippen LogP contribution in [0.4, 0.5) is 0 Å². The molecule has 0 radical (unpaired) electrons. The largest absolute Gasteiger partial charge is 0.327 e. The van der Waals surface area contributed by atoms with E-state index in [2.05, 4.69) is 33.5 Å². The number of aromatic nitrogens is 5. The summed E-state index contributed by atoms with van der Waals surface area (Å²) in [5.41, 5.74) is 7.13. The predicted molar refractivity (Wildman–Crippen MR) is 69.1 cm³/mol. The fourth-order valence-corrected chi connectivity index (χ4v) is 2.31. The van der Waals surface area contributed by atoms with Crippen LogP contribution in [-0.2, 0) is 13.5 Å². The average Bonchev–Trinajstić information content (AvgIpc) is 2.77. The van der Waals surface area contributed by atoms with Gasteiger partial charge in [-0.05, 0) is 46.7 Å². The third kappa shape index (κ3) is 3.05. The fraction of sp³-hybridized carbons (Fsp3) is 0.455. The van der Waals surface area contributed by atoms with Gasteiger partial charge in [-0.2, -0.15) is 0 Å². The van der Waals surface area contributed by atoms with Gasteiger partial charge >= 0.3 is 0 Å². The van der Waals surface area contributed by atoms with Gasteiger partial charge in [0.05, 0.1) is 0 Å². The molecule has 7 heteroatoms. The van der Waals surface area contributed by atoms with E-state index >= 15 is 0 Å². The lowest BCUT2D eigenvalue weighted by Gasteiger charge is -2.11. The zero-order valence-electron chi connectivity index (χ0n) is 10.4. The summed E-state index contributed by atoms with van der Waals surface area (Å²) in [7, 11) is 1.81. The molecule has 0 aliphatic carbocycles. The van der Waals surface area contributed by atoms with E-state index in [1.165, 1.54) is 11.8 Å². The van der Waals surface area contributed by atoms with E-state index in [0.717, 1.165) is 28.6 Å². The standard InChI is InChI=1S/C11H16N6S/c1-3-9(12)7-8-5-4-6-13-10(8)18-11-14-15-16-17(11)2/h4-6,9H,3,7,12H2,1-2H3. The van der Waals surface area contributed by atoms with Crippen molar-refractivity contribution in [1.29, 1.82) is 0 Å². The second-order valence-electron chi connectivity index (χ2n) is 4.03. The minimum Gasteiger partial charge on any atom is -0.327 e. The van der Waals surface area contributed by atoms with E-state index in [9.17, 15) is 0 Å². The van der Waals surface area contributed by atoms with Crippen molar-refractivity contribution in [2.75, 3.05) is 0 Å². The summed E-state index contributed by atoms with van der Waals surface area (Å²) in [6, 6.07) is 4.14. The molecule has 0 aliphatic heterocycles. The molecule has 2 N–H and O–H groups in total. The molecule has 1 atom stereocenters. The third-order valence-corrected chi connectivity index (χ3v) is 3.72. The lowest BCUT2D eigenvalue weighted by molar-refractivity contribution is 0.636. The molecule has 96 valence electrons. The molecule has 0 amide bonds. The van der Waals surface area contributed by atoms with Crippen LogP contribution >= 0.6 is 11.8 Å². The molecule has 0 saturated carbocycles. The van der Waals surface area contributed by atoms with Gasteiger partial charge in [0, 0.05) is 19.3 Å². The summed E-state index contributed by atoms with van der Waals surface area (Å²) in [5.74, 6) is 0. The lowest BCUT2D eigenvalue weighted by Crippen LogP contribution is -2.21. The van der Waals surface area contributed by atoms with Crippen LogP contribution in [0.15, 0.2) is 28.5 Å². The summed E-state index contributed by atoms with van der Waals surface area (Å²) < 4.78 is 1.63. The molecular weight excluding hydrogens is 248 g/mol. The van der Waals surface area contributed by atoms with Gasteiger partial charge in [-0.3, -0.25) is 0 Å². The van der Waals surface area contributed by atoms with E-state index < -0.39 is 0 Å². The summed E-state index contributed by atoms with van der Waals surface area (Å²) in [5, 5.41) is 13.0. The maximum absolute atomic E-state index is 5.99. The summed E-state index contributed by atoms with van der Waals surface area (Å²) in [6.07, 6.45) is 3.54. The van der Waals surface area contributed by atoms with Crippen molar-refractivity contribution in [3.05, 3.63) is 23.9 Å². The van der Waals surface area contributed by atoms with Crippen LogP contribution in [0.5, 0.6) is 0 Å². The highest BCUT2D eigenvalue weighted by Gasteiger charge is 2.12. The summed E-state index contributed by atoms with van der Waals surface area (Å²) >= 11 is 1.46. The molecule has 2 aromatic heterocycles. The first kappa shape index (κ1) is 13.0. The molecule has 1 unspecified atom stereocenters. The van der Waals surface area contributed by atoms with Crippen LogP contribution < -0.4 is 5.73 Å². The van der Waals surface area contributed by atoms with Gasteiger partial charge in [-0.1, -0.05) is 13.0 Å². The Morgan fingerprint density at radius 2 is 2.33 bits per heavy atom. The Hall–Kier alpha value is -1.47. The van der Waals surface area contributed by atoms with E-state index in [4.69, 9.17) is 5.73 Å². The molecule has 0 spiro atoms. The van der Waals surface area contributed by atoms with E-state index in [1.54, 1.807) is 10.9 Å². The van der Waals surface area contributed by atoms with Crippen LogP contribution in [0.2, 0.25) is 0 Å². The zero-order chi connectivity index (χ0) is 13.0. The van der Waals surface area contributed by atoms with Crippen molar-refractivity contribution >= 4 is 11.8 Å². The molecule has 2 heterocycles. The Morgan fingerprint density at radius 3 is 3.00 bits per heavy atom. The number of nitrogens with two attached hydrogens (primary N) is 1. The first-order valence-corrected chi connectivity index (χ1v) is 6.62. The fourth-order valence-electron chi connectivity index (χ4n) is 1.49. The molecule has 6 nitrogen and oxygen atoms in total. The Bertz CT molecular complexity index is 512. The highest BCUT2D eigenvalue weighted by Crippen LogP contribution is 2.26. The summed E-state index contributed by atoms with van der Waals surface area (Å²) in [6.45, 7) is 2.08. The molecule has 0 fully saturated rings. The quantitative estimate of drug-likeness (QED) is 0.868. The average molecular weight is 264 g/mol. The van der Waals surface area contributed by atoms with Crippen molar-refractivity contribution in [2.24, 2.45) is 12.8 Å². The first-order chi connectivity index (χ1) is 8.70. The van der Waals surface area contributed by atoms with Gasteiger partial charge in [-0.15, -0.1) is 5.10 Å². The second-order valence-corrected chi connectivity index (χ2v) is 4.98. The molecule has 2 rings (SSSR count). The third-order valence-electron chi connectivity index (χ3n) is 2.63. The smallest absolute Gasteiger partial charge is 0.215 e. The van der Waals surface area contributed by atoms with Crippen LogP contribution in [0.1, 0.15) is 18.9 Å². The van der Waals surface area contributed by atoms with Gasteiger partial charge in [0.25, 0.3) is 0 Å². The SMILES string of the molecule is CCC(N)Cc1cccnc1Sc1nnnn1C. The molecule has 2 aromatic rings.